The molecule has 0 spiro atoms. The molecule has 1 aliphatic rings. The highest BCUT2D eigenvalue weighted by molar-refractivity contribution is 5.30. The second-order valence-electron chi connectivity index (χ2n) is 3.92. The van der Waals surface area contributed by atoms with Gasteiger partial charge in [-0.3, -0.25) is 4.90 Å². The van der Waals surface area contributed by atoms with Crippen molar-refractivity contribution in [3.63, 3.8) is 0 Å². The van der Waals surface area contributed by atoms with Gasteiger partial charge in [0.25, 0.3) is 0 Å². The zero-order valence-corrected chi connectivity index (χ0v) is 8.03. The SMILES string of the molecule is C[C@@H](N)CN1Cc2ccccc2C1. The molecule has 2 N–H and O–H groups in total. The van der Waals surface area contributed by atoms with E-state index in [1.54, 1.807) is 0 Å². The van der Waals surface area contributed by atoms with Gasteiger partial charge in [-0.25, -0.2) is 0 Å². The van der Waals surface area contributed by atoms with Crippen molar-refractivity contribution in [3.8, 4) is 0 Å². The van der Waals surface area contributed by atoms with Crippen LogP contribution in [0.5, 0.6) is 0 Å². The monoisotopic (exact) mass is 176 g/mol. The first kappa shape index (κ1) is 8.73. The molecular weight excluding hydrogens is 160 g/mol. The van der Waals surface area contributed by atoms with Crippen LogP contribution in [0.15, 0.2) is 24.3 Å². The summed E-state index contributed by atoms with van der Waals surface area (Å²) in [6.07, 6.45) is 0. The molecule has 2 rings (SSSR count). The fourth-order valence-electron chi connectivity index (χ4n) is 1.94. The van der Waals surface area contributed by atoms with Gasteiger partial charge < -0.3 is 5.73 Å². The predicted molar refractivity (Wildman–Crippen MR) is 54.2 cm³/mol. The standard InChI is InChI=1S/C11H16N2/c1-9(12)6-13-7-10-4-2-3-5-11(10)8-13/h2-5,9H,6-8,12H2,1H3/t9-/m1/s1. The van der Waals surface area contributed by atoms with Crippen molar-refractivity contribution in [1.29, 1.82) is 0 Å². The first-order chi connectivity index (χ1) is 6.25. The molecule has 2 heteroatoms. The van der Waals surface area contributed by atoms with E-state index < -0.39 is 0 Å². The lowest BCUT2D eigenvalue weighted by Crippen LogP contribution is -2.31. The van der Waals surface area contributed by atoms with Gasteiger partial charge >= 0.3 is 0 Å². The van der Waals surface area contributed by atoms with Crippen molar-refractivity contribution in [2.24, 2.45) is 5.73 Å². The van der Waals surface area contributed by atoms with E-state index in [2.05, 4.69) is 36.1 Å². The van der Waals surface area contributed by atoms with E-state index in [0.29, 0.717) is 0 Å². The highest BCUT2D eigenvalue weighted by Crippen LogP contribution is 2.21. The van der Waals surface area contributed by atoms with Crippen molar-refractivity contribution in [2.75, 3.05) is 6.54 Å². The van der Waals surface area contributed by atoms with Gasteiger partial charge in [-0.2, -0.15) is 0 Å². The molecule has 0 radical (unpaired) electrons. The summed E-state index contributed by atoms with van der Waals surface area (Å²) < 4.78 is 0. The summed E-state index contributed by atoms with van der Waals surface area (Å²) in [4.78, 5) is 2.40. The number of benzene rings is 1. The molecule has 0 aliphatic carbocycles. The molecule has 1 atom stereocenters. The minimum absolute atomic E-state index is 0.273. The quantitative estimate of drug-likeness (QED) is 0.737. The summed E-state index contributed by atoms with van der Waals surface area (Å²) in [7, 11) is 0. The Morgan fingerprint density at radius 3 is 2.31 bits per heavy atom. The molecule has 0 aromatic heterocycles. The zero-order valence-electron chi connectivity index (χ0n) is 8.03. The average Bonchev–Trinajstić information content (AvgIpc) is 2.44. The molecule has 13 heavy (non-hydrogen) atoms. The van der Waals surface area contributed by atoms with E-state index >= 15 is 0 Å². The first-order valence-corrected chi connectivity index (χ1v) is 4.80. The van der Waals surface area contributed by atoms with E-state index in [0.717, 1.165) is 19.6 Å². The van der Waals surface area contributed by atoms with Crippen LogP contribution >= 0.6 is 0 Å². The minimum atomic E-state index is 0.273. The molecule has 2 nitrogen and oxygen atoms in total. The Hall–Kier alpha value is -0.860. The third-order valence-electron chi connectivity index (χ3n) is 2.45. The summed E-state index contributed by atoms with van der Waals surface area (Å²) >= 11 is 0. The van der Waals surface area contributed by atoms with Gasteiger partial charge in [0, 0.05) is 25.7 Å². The number of fused-ring (bicyclic) bond motifs is 1. The van der Waals surface area contributed by atoms with Crippen LogP contribution in [0.25, 0.3) is 0 Å². The Morgan fingerprint density at radius 1 is 1.31 bits per heavy atom. The lowest BCUT2D eigenvalue weighted by atomic mass is 10.1. The summed E-state index contributed by atoms with van der Waals surface area (Å²) in [6, 6.07) is 8.89. The number of hydrogen-bond acceptors (Lipinski definition) is 2. The minimum Gasteiger partial charge on any atom is -0.327 e. The van der Waals surface area contributed by atoms with E-state index in [9.17, 15) is 0 Å². The predicted octanol–water partition coefficient (Wildman–Crippen LogP) is 1.35. The molecule has 1 aliphatic heterocycles. The fraction of sp³-hybridized carbons (Fsp3) is 0.455. The van der Waals surface area contributed by atoms with Crippen LogP contribution in [0.4, 0.5) is 0 Å². The Labute approximate surface area is 79.4 Å². The molecule has 1 aromatic rings. The van der Waals surface area contributed by atoms with Crippen molar-refractivity contribution < 1.29 is 0 Å². The molecular formula is C11H16N2. The Kier molecular flexibility index (Phi) is 2.34. The van der Waals surface area contributed by atoms with E-state index in [-0.39, 0.29) is 6.04 Å². The van der Waals surface area contributed by atoms with E-state index in [4.69, 9.17) is 5.73 Å². The summed E-state index contributed by atoms with van der Waals surface area (Å²) in [5.41, 5.74) is 8.69. The van der Waals surface area contributed by atoms with Crippen molar-refractivity contribution in [1.82, 2.24) is 4.90 Å². The normalized spacial score (nSPS) is 18.6. The van der Waals surface area contributed by atoms with Gasteiger partial charge in [-0.05, 0) is 18.1 Å². The van der Waals surface area contributed by atoms with Crippen LogP contribution in [-0.4, -0.2) is 17.5 Å². The van der Waals surface area contributed by atoms with Gasteiger partial charge in [0.15, 0.2) is 0 Å². The number of hydrogen-bond donors (Lipinski definition) is 1. The van der Waals surface area contributed by atoms with Gasteiger partial charge in [0.2, 0.25) is 0 Å². The van der Waals surface area contributed by atoms with Gasteiger partial charge in [0.05, 0.1) is 0 Å². The molecule has 0 saturated carbocycles. The number of nitrogens with two attached hydrogens (primary N) is 1. The number of nitrogens with zero attached hydrogens (tertiary/aromatic N) is 1. The van der Waals surface area contributed by atoms with Crippen molar-refractivity contribution >= 4 is 0 Å². The van der Waals surface area contributed by atoms with Crippen molar-refractivity contribution in [3.05, 3.63) is 35.4 Å². The third kappa shape index (κ3) is 1.90. The topological polar surface area (TPSA) is 29.3 Å². The van der Waals surface area contributed by atoms with Crippen LogP contribution in [0, 0.1) is 0 Å². The largest absolute Gasteiger partial charge is 0.327 e. The van der Waals surface area contributed by atoms with Crippen LogP contribution in [0.1, 0.15) is 18.1 Å². The molecule has 0 amide bonds. The smallest absolute Gasteiger partial charge is 0.0241 e. The summed E-state index contributed by atoms with van der Waals surface area (Å²) in [5.74, 6) is 0. The third-order valence-corrected chi connectivity index (χ3v) is 2.45. The van der Waals surface area contributed by atoms with Crippen LogP contribution in [0.3, 0.4) is 0 Å². The lowest BCUT2D eigenvalue weighted by molar-refractivity contribution is 0.270. The second-order valence-corrected chi connectivity index (χ2v) is 3.92. The Morgan fingerprint density at radius 2 is 1.85 bits per heavy atom. The Balaban J connectivity index is 2.05. The Bertz CT molecular complexity index is 269. The summed E-state index contributed by atoms with van der Waals surface area (Å²) in [6.45, 7) is 5.19. The molecule has 70 valence electrons. The maximum absolute atomic E-state index is 5.77. The average molecular weight is 176 g/mol. The van der Waals surface area contributed by atoms with Crippen molar-refractivity contribution in [2.45, 2.75) is 26.1 Å². The maximum atomic E-state index is 5.77. The van der Waals surface area contributed by atoms with Crippen LogP contribution < -0.4 is 5.73 Å². The molecule has 0 unspecified atom stereocenters. The van der Waals surface area contributed by atoms with E-state index in [1.807, 2.05) is 0 Å². The fourth-order valence-corrected chi connectivity index (χ4v) is 1.94. The van der Waals surface area contributed by atoms with Crippen LogP contribution in [0.2, 0.25) is 0 Å². The molecule has 0 bridgehead atoms. The molecule has 1 aromatic carbocycles. The summed E-state index contributed by atoms with van der Waals surface area (Å²) in [5, 5.41) is 0. The van der Waals surface area contributed by atoms with Gasteiger partial charge in [-0.15, -0.1) is 0 Å². The van der Waals surface area contributed by atoms with E-state index in [1.165, 1.54) is 11.1 Å². The molecule has 0 fully saturated rings. The molecule has 0 saturated heterocycles. The van der Waals surface area contributed by atoms with Gasteiger partial charge in [-0.1, -0.05) is 24.3 Å². The number of rotatable bonds is 2. The van der Waals surface area contributed by atoms with Gasteiger partial charge in [0.1, 0.15) is 0 Å². The zero-order chi connectivity index (χ0) is 9.26. The highest BCUT2D eigenvalue weighted by Gasteiger charge is 2.18. The molecule has 1 heterocycles. The lowest BCUT2D eigenvalue weighted by Gasteiger charge is -2.16. The first-order valence-electron chi connectivity index (χ1n) is 4.80. The van der Waals surface area contributed by atoms with Crippen LogP contribution in [-0.2, 0) is 13.1 Å². The highest BCUT2D eigenvalue weighted by atomic mass is 15.1. The second kappa shape index (κ2) is 3.48. The maximum Gasteiger partial charge on any atom is 0.0241 e.